The van der Waals surface area contributed by atoms with E-state index >= 15 is 0 Å². The number of carbonyl (C=O) groups excluding carboxylic acids is 1. The predicted molar refractivity (Wildman–Crippen MR) is 126 cm³/mol. The summed E-state index contributed by atoms with van der Waals surface area (Å²) in [5, 5.41) is 14.8. The molecule has 4 aliphatic carbocycles. The Balaban J connectivity index is 1.32. The molecule has 0 saturated heterocycles. The van der Waals surface area contributed by atoms with E-state index in [0.717, 1.165) is 36.8 Å². The van der Waals surface area contributed by atoms with Crippen LogP contribution in [0.2, 0.25) is 0 Å². The van der Waals surface area contributed by atoms with Crippen LogP contribution in [0.4, 0.5) is 0 Å². The Morgan fingerprint density at radius 1 is 1.12 bits per heavy atom. The maximum Gasteiger partial charge on any atom is 0.271 e. The van der Waals surface area contributed by atoms with Crippen LogP contribution >= 0.6 is 0 Å². The van der Waals surface area contributed by atoms with Gasteiger partial charge in [-0.05, 0) is 110 Å². The standard InChI is InChI=1S/C27H37N3O2/c1-17(29-30-25(32)18-10-14-28-15-11-18)22-6-7-23-21-5-4-19-16-20(31)8-12-26(19,2)24(21)9-13-27(22,23)3/h6,10-11,14-15,19-21,23-24,31H,4-5,7-9,12-13,16H2,1-3H3,(H,30,32)/b29-17-/t19-,20-,21-,23-,24-,26-,27+/m0/s1. The topological polar surface area (TPSA) is 74.6 Å². The molecular weight excluding hydrogens is 398 g/mol. The van der Waals surface area contributed by atoms with Crippen molar-refractivity contribution >= 4 is 11.6 Å². The maximum absolute atomic E-state index is 12.4. The number of rotatable bonds is 3. The number of amides is 1. The van der Waals surface area contributed by atoms with E-state index in [1.54, 1.807) is 24.5 Å². The number of hydrogen-bond donors (Lipinski definition) is 2. The lowest BCUT2D eigenvalue weighted by Crippen LogP contribution is -2.53. The second-order valence-corrected chi connectivity index (χ2v) is 11.3. The van der Waals surface area contributed by atoms with Crippen LogP contribution in [-0.2, 0) is 0 Å². The molecule has 1 aromatic heterocycles. The van der Waals surface area contributed by atoms with Crippen LogP contribution in [0.5, 0.6) is 0 Å². The van der Waals surface area contributed by atoms with Gasteiger partial charge in [-0.1, -0.05) is 19.9 Å². The first-order valence-corrected chi connectivity index (χ1v) is 12.5. The molecule has 1 aromatic rings. The molecule has 0 bridgehead atoms. The molecule has 2 N–H and O–H groups in total. The number of pyridine rings is 1. The van der Waals surface area contributed by atoms with Gasteiger partial charge in [0.25, 0.3) is 5.91 Å². The van der Waals surface area contributed by atoms with Crippen LogP contribution in [0.15, 0.2) is 41.3 Å². The van der Waals surface area contributed by atoms with Crippen LogP contribution in [0.25, 0.3) is 0 Å². The van der Waals surface area contributed by atoms with Crippen LogP contribution in [0.3, 0.4) is 0 Å². The summed E-state index contributed by atoms with van der Waals surface area (Å²) in [5.41, 5.74) is 6.14. The van der Waals surface area contributed by atoms with E-state index in [2.05, 4.69) is 35.4 Å². The summed E-state index contributed by atoms with van der Waals surface area (Å²) in [5.74, 6) is 2.71. The molecule has 4 aliphatic rings. The largest absolute Gasteiger partial charge is 0.393 e. The van der Waals surface area contributed by atoms with Gasteiger partial charge in [0.15, 0.2) is 0 Å². The average Bonchev–Trinajstić information content (AvgIpc) is 3.15. The summed E-state index contributed by atoms with van der Waals surface area (Å²) in [4.78, 5) is 16.4. The minimum Gasteiger partial charge on any atom is -0.393 e. The van der Waals surface area contributed by atoms with E-state index in [4.69, 9.17) is 0 Å². The molecule has 172 valence electrons. The highest BCUT2D eigenvalue weighted by Crippen LogP contribution is 2.66. The fourth-order valence-electron chi connectivity index (χ4n) is 8.13. The molecule has 32 heavy (non-hydrogen) atoms. The molecule has 7 atom stereocenters. The first-order chi connectivity index (χ1) is 15.3. The first-order valence-electron chi connectivity index (χ1n) is 12.5. The molecule has 0 aromatic carbocycles. The van der Waals surface area contributed by atoms with Gasteiger partial charge in [-0.2, -0.15) is 5.10 Å². The van der Waals surface area contributed by atoms with Crippen molar-refractivity contribution in [1.29, 1.82) is 0 Å². The van der Waals surface area contributed by atoms with Crippen LogP contribution in [0.1, 0.15) is 82.5 Å². The zero-order valence-corrected chi connectivity index (χ0v) is 19.7. The third-order valence-corrected chi connectivity index (χ3v) is 9.88. The number of allylic oxidation sites excluding steroid dienone is 2. The van der Waals surface area contributed by atoms with Crippen molar-refractivity contribution in [1.82, 2.24) is 10.4 Å². The minimum atomic E-state index is -0.193. The normalized spacial score (nSPS) is 41.2. The Hall–Kier alpha value is -2.01. The number of nitrogens with one attached hydrogen (secondary N) is 1. The van der Waals surface area contributed by atoms with Gasteiger partial charge >= 0.3 is 0 Å². The molecule has 0 aliphatic heterocycles. The highest BCUT2D eigenvalue weighted by molar-refractivity contribution is 6.01. The fraction of sp³-hybridized carbons (Fsp3) is 0.667. The maximum atomic E-state index is 12.4. The Morgan fingerprint density at radius 3 is 2.69 bits per heavy atom. The van der Waals surface area contributed by atoms with E-state index in [1.165, 1.54) is 37.7 Å². The van der Waals surface area contributed by atoms with Crippen molar-refractivity contribution < 1.29 is 9.90 Å². The summed E-state index contributed by atoms with van der Waals surface area (Å²) in [6.07, 6.45) is 14.9. The van der Waals surface area contributed by atoms with Gasteiger partial charge in [-0.3, -0.25) is 9.78 Å². The molecule has 0 unspecified atom stereocenters. The van der Waals surface area contributed by atoms with E-state index < -0.39 is 0 Å². The molecular formula is C27H37N3O2. The Morgan fingerprint density at radius 2 is 1.91 bits per heavy atom. The highest BCUT2D eigenvalue weighted by Gasteiger charge is 2.58. The number of aliphatic hydroxyl groups is 1. The van der Waals surface area contributed by atoms with Crippen LogP contribution in [-0.4, -0.2) is 27.8 Å². The summed E-state index contributed by atoms with van der Waals surface area (Å²) in [6, 6.07) is 3.41. The molecule has 3 saturated carbocycles. The number of aromatic nitrogens is 1. The molecule has 0 radical (unpaired) electrons. The second-order valence-electron chi connectivity index (χ2n) is 11.3. The monoisotopic (exact) mass is 435 g/mol. The van der Waals surface area contributed by atoms with Gasteiger partial charge in [-0.25, -0.2) is 5.43 Å². The van der Waals surface area contributed by atoms with Crippen LogP contribution < -0.4 is 5.43 Å². The van der Waals surface area contributed by atoms with Gasteiger partial charge in [0.2, 0.25) is 0 Å². The van der Waals surface area contributed by atoms with Gasteiger partial charge in [0.1, 0.15) is 0 Å². The smallest absolute Gasteiger partial charge is 0.271 e. The lowest BCUT2D eigenvalue weighted by atomic mass is 9.44. The van der Waals surface area contributed by atoms with Gasteiger partial charge < -0.3 is 5.11 Å². The fourth-order valence-corrected chi connectivity index (χ4v) is 8.13. The van der Waals surface area contributed by atoms with Crippen molar-refractivity contribution in [2.75, 3.05) is 0 Å². The molecule has 5 nitrogen and oxygen atoms in total. The lowest BCUT2D eigenvalue weighted by Gasteiger charge is -2.60. The Bertz CT molecular complexity index is 941. The zero-order valence-electron chi connectivity index (χ0n) is 19.7. The van der Waals surface area contributed by atoms with Crippen LogP contribution in [0, 0.1) is 34.5 Å². The van der Waals surface area contributed by atoms with Crippen molar-refractivity contribution in [2.24, 2.45) is 39.6 Å². The Labute approximate surface area is 191 Å². The predicted octanol–water partition coefficient (Wildman–Crippen LogP) is 5.13. The molecule has 1 amide bonds. The average molecular weight is 436 g/mol. The van der Waals surface area contributed by atoms with E-state index in [1.807, 2.05) is 6.92 Å². The second kappa shape index (κ2) is 8.09. The third-order valence-electron chi connectivity index (χ3n) is 9.88. The molecule has 5 rings (SSSR count). The Kier molecular flexibility index (Phi) is 5.51. The van der Waals surface area contributed by atoms with Gasteiger partial charge in [0, 0.05) is 18.0 Å². The molecule has 1 heterocycles. The lowest BCUT2D eigenvalue weighted by molar-refractivity contribution is -0.117. The van der Waals surface area contributed by atoms with Gasteiger partial charge in [-0.15, -0.1) is 0 Å². The van der Waals surface area contributed by atoms with Crippen molar-refractivity contribution in [2.45, 2.75) is 78.2 Å². The van der Waals surface area contributed by atoms with Gasteiger partial charge in [0.05, 0.1) is 11.8 Å². The summed E-state index contributed by atoms with van der Waals surface area (Å²) >= 11 is 0. The summed E-state index contributed by atoms with van der Waals surface area (Å²) in [6.45, 7) is 7.02. The van der Waals surface area contributed by atoms with Crippen molar-refractivity contribution in [3.05, 3.63) is 41.7 Å². The number of nitrogens with zero attached hydrogens (tertiary/aromatic N) is 2. The number of fused-ring (bicyclic) bond motifs is 5. The quantitative estimate of drug-likeness (QED) is 0.511. The molecule has 0 spiro atoms. The SMILES string of the molecule is C/C(=N/NC(=O)c1ccncc1)C1=CC[C@H]2[C@@H]3CC[C@H]4C[C@@H](O)CC[C@]4(C)[C@H]3CC[C@]12C. The number of hydrogen-bond acceptors (Lipinski definition) is 4. The van der Waals surface area contributed by atoms with E-state index in [9.17, 15) is 9.90 Å². The molecule has 3 fully saturated rings. The zero-order chi connectivity index (χ0) is 22.5. The summed E-state index contributed by atoms with van der Waals surface area (Å²) < 4.78 is 0. The van der Waals surface area contributed by atoms with Crippen molar-refractivity contribution in [3.8, 4) is 0 Å². The van der Waals surface area contributed by atoms with E-state index in [0.29, 0.717) is 22.8 Å². The minimum absolute atomic E-state index is 0.0838. The van der Waals surface area contributed by atoms with Crippen molar-refractivity contribution in [3.63, 3.8) is 0 Å². The third kappa shape index (κ3) is 3.44. The van der Waals surface area contributed by atoms with E-state index in [-0.39, 0.29) is 17.4 Å². The molecule has 5 heteroatoms. The first kappa shape index (κ1) is 21.8. The summed E-state index contributed by atoms with van der Waals surface area (Å²) in [7, 11) is 0. The number of carbonyl (C=O) groups is 1. The number of hydrazone groups is 1. The highest BCUT2D eigenvalue weighted by atomic mass is 16.3. The number of aliphatic hydroxyl groups excluding tert-OH is 1.